The second-order valence-corrected chi connectivity index (χ2v) is 7.99. The molecule has 0 saturated carbocycles. The third-order valence-electron chi connectivity index (χ3n) is 5.79. The van der Waals surface area contributed by atoms with Crippen LogP contribution in [0.2, 0.25) is 0 Å². The van der Waals surface area contributed by atoms with Crippen LogP contribution in [0.1, 0.15) is 44.2 Å². The monoisotopic (exact) mass is 455 g/mol. The average molecular weight is 456 g/mol. The number of anilines is 1. The Labute approximate surface area is 195 Å². The molecule has 1 aromatic heterocycles. The standard InChI is InChI=1S/C25H33N3O5/c1-4-5-14-28-23(29)13-11-20(24(28)19-8-6-7-9-21(19)32-3)25(30)27-18-10-12-22(26-17-18)33-16-15-31-2/h6-10,12,17,20,24H,4-5,11,13-16H2,1-3H3,(H,27,30). The molecule has 0 aliphatic carbocycles. The van der Waals surface area contributed by atoms with Crippen molar-refractivity contribution < 1.29 is 23.8 Å². The Morgan fingerprint density at radius 2 is 2.00 bits per heavy atom. The fraction of sp³-hybridized carbons (Fsp3) is 0.480. The predicted molar refractivity (Wildman–Crippen MR) is 125 cm³/mol. The molecule has 2 aromatic rings. The van der Waals surface area contributed by atoms with Gasteiger partial charge < -0.3 is 24.4 Å². The first-order valence-corrected chi connectivity index (χ1v) is 11.4. The van der Waals surface area contributed by atoms with Crippen LogP contribution in [0, 0.1) is 5.92 Å². The fourth-order valence-corrected chi connectivity index (χ4v) is 4.12. The number of hydrogen-bond donors (Lipinski definition) is 1. The van der Waals surface area contributed by atoms with Gasteiger partial charge in [0.15, 0.2) is 0 Å². The number of hydrogen-bond acceptors (Lipinski definition) is 6. The Bertz CT molecular complexity index is 919. The van der Waals surface area contributed by atoms with Gasteiger partial charge in [0.05, 0.1) is 37.6 Å². The lowest BCUT2D eigenvalue weighted by atomic mass is 9.83. The minimum atomic E-state index is -0.409. The normalized spacial score (nSPS) is 18.2. The Balaban J connectivity index is 1.82. The number of para-hydroxylation sites is 1. The molecule has 1 aromatic carbocycles. The number of nitrogens with zero attached hydrogens (tertiary/aromatic N) is 2. The highest BCUT2D eigenvalue weighted by atomic mass is 16.5. The van der Waals surface area contributed by atoms with Gasteiger partial charge in [-0.15, -0.1) is 0 Å². The number of ether oxygens (including phenoxy) is 3. The zero-order valence-corrected chi connectivity index (χ0v) is 19.6. The summed E-state index contributed by atoms with van der Waals surface area (Å²) < 4.78 is 16.0. The van der Waals surface area contributed by atoms with Gasteiger partial charge in [0.1, 0.15) is 12.4 Å². The molecule has 2 unspecified atom stereocenters. The molecule has 2 amide bonds. The fourth-order valence-electron chi connectivity index (χ4n) is 4.12. The number of likely N-dealkylation sites (tertiary alicyclic amines) is 1. The number of methoxy groups -OCH3 is 2. The summed E-state index contributed by atoms with van der Waals surface area (Å²) in [5.41, 5.74) is 1.43. The summed E-state index contributed by atoms with van der Waals surface area (Å²) in [4.78, 5) is 32.4. The number of rotatable bonds is 11. The number of amides is 2. The van der Waals surface area contributed by atoms with E-state index in [2.05, 4.69) is 17.2 Å². The second kappa shape index (κ2) is 12.2. The van der Waals surface area contributed by atoms with E-state index in [1.807, 2.05) is 29.2 Å². The molecule has 3 rings (SSSR count). The summed E-state index contributed by atoms with van der Waals surface area (Å²) in [6.45, 7) is 3.57. The highest BCUT2D eigenvalue weighted by molar-refractivity contribution is 5.94. The Morgan fingerprint density at radius 3 is 2.70 bits per heavy atom. The summed E-state index contributed by atoms with van der Waals surface area (Å²) in [7, 11) is 3.22. The maximum atomic E-state index is 13.4. The van der Waals surface area contributed by atoms with Crippen molar-refractivity contribution in [1.82, 2.24) is 9.88 Å². The van der Waals surface area contributed by atoms with E-state index in [0.717, 1.165) is 18.4 Å². The molecule has 0 radical (unpaired) electrons. The molecule has 0 spiro atoms. The van der Waals surface area contributed by atoms with Gasteiger partial charge in [-0.25, -0.2) is 4.98 Å². The molecule has 33 heavy (non-hydrogen) atoms. The molecular weight excluding hydrogens is 422 g/mol. The maximum absolute atomic E-state index is 13.4. The van der Waals surface area contributed by atoms with Crippen molar-refractivity contribution in [2.45, 2.75) is 38.6 Å². The number of piperidine rings is 1. The number of nitrogens with one attached hydrogen (secondary N) is 1. The topological polar surface area (TPSA) is 90.0 Å². The van der Waals surface area contributed by atoms with Crippen molar-refractivity contribution in [2.75, 3.05) is 39.3 Å². The summed E-state index contributed by atoms with van der Waals surface area (Å²) >= 11 is 0. The van der Waals surface area contributed by atoms with Crippen molar-refractivity contribution in [1.29, 1.82) is 0 Å². The number of aromatic nitrogens is 1. The van der Waals surface area contributed by atoms with Crippen molar-refractivity contribution in [3.8, 4) is 11.6 Å². The minimum Gasteiger partial charge on any atom is -0.496 e. The van der Waals surface area contributed by atoms with Crippen LogP contribution in [0.25, 0.3) is 0 Å². The molecule has 1 fully saturated rings. The van der Waals surface area contributed by atoms with Crippen molar-refractivity contribution in [3.05, 3.63) is 48.2 Å². The van der Waals surface area contributed by atoms with Crippen molar-refractivity contribution >= 4 is 17.5 Å². The van der Waals surface area contributed by atoms with Gasteiger partial charge in [-0.05, 0) is 25.0 Å². The van der Waals surface area contributed by atoms with Gasteiger partial charge in [0, 0.05) is 31.7 Å². The van der Waals surface area contributed by atoms with E-state index in [1.54, 1.807) is 32.5 Å². The predicted octanol–water partition coefficient (Wildman–Crippen LogP) is 3.83. The molecular formula is C25H33N3O5. The average Bonchev–Trinajstić information content (AvgIpc) is 2.84. The van der Waals surface area contributed by atoms with E-state index in [1.165, 1.54) is 0 Å². The lowest BCUT2D eigenvalue weighted by molar-refractivity contribution is -0.142. The molecule has 2 atom stereocenters. The minimum absolute atomic E-state index is 0.0719. The third-order valence-corrected chi connectivity index (χ3v) is 5.79. The van der Waals surface area contributed by atoms with Crippen LogP contribution < -0.4 is 14.8 Å². The number of pyridine rings is 1. The number of carbonyl (C=O) groups excluding carboxylic acids is 2. The molecule has 8 heteroatoms. The lowest BCUT2D eigenvalue weighted by Crippen LogP contribution is -2.47. The molecule has 1 aliphatic rings. The van der Waals surface area contributed by atoms with Crippen LogP contribution >= 0.6 is 0 Å². The summed E-state index contributed by atoms with van der Waals surface area (Å²) in [5.74, 6) is 0.660. The second-order valence-electron chi connectivity index (χ2n) is 7.99. The first-order chi connectivity index (χ1) is 16.1. The molecule has 1 N–H and O–H groups in total. The summed E-state index contributed by atoms with van der Waals surface area (Å²) in [6, 6.07) is 10.7. The SMILES string of the molecule is CCCCN1C(=O)CCC(C(=O)Nc2ccc(OCCOC)nc2)C1c1ccccc1OC. The van der Waals surface area contributed by atoms with Gasteiger partial charge >= 0.3 is 0 Å². The van der Waals surface area contributed by atoms with E-state index in [0.29, 0.717) is 49.9 Å². The molecule has 8 nitrogen and oxygen atoms in total. The van der Waals surface area contributed by atoms with Crippen LogP contribution in [0.3, 0.4) is 0 Å². The molecule has 2 heterocycles. The van der Waals surface area contributed by atoms with Crippen LogP contribution in [-0.2, 0) is 14.3 Å². The van der Waals surface area contributed by atoms with Crippen LogP contribution in [0.15, 0.2) is 42.6 Å². The summed E-state index contributed by atoms with van der Waals surface area (Å²) in [6.07, 6.45) is 4.23. The van der Waals surface area contributed by atoms with Crippen LogP contribution in [0.4, 0.5) is 5.69 Å². The van der Waals surface area contributed by atoms with Crippen LogP contribution in [0.5, 0.6) is 11.6 Å². The highest BCUT2D eigenvalue weighted by Gasteiger charge is 2.41. The zero-order valence-electron chi connectivity index (χ0n) is 19.6. The molecule has 1 saturated heterocycles. The Kier molecular flexibility index (Phi) is 9.06. The van der Waals surface area contributed by atoms with Gasteiger partial charge in [0.25, 0.3) is 0 Å². The van der Waals surface area contributed by atoms with Gasteiger partial charge in [0.2, 0.25) is 17.7 Å². The largest absolute Gasteiger partial charge is 0.496 e. The van der Waals surface area contributed by atoms with Gasteiger partial charge in [-0.1, -0.05) is 31.5 Å². The zero-order chi connectivity index (χ0) is 23.6. The molecule has 0 bridgehead atoms. The van der Waals surface area contributed by atoms with E-state index in [9.17, 15) is 9.59 Å². The first kappa shape index (κ1) is 24.5. The van der Waals surface area contributed by atoms with E-state index in [-0.39, 0.29) is 11.8 Å². The molecule has 178 valence electrons. The number of unbranched alkanes of at least 4 members (excludes halogenated alkanes) is 1. The summed E-state index contributed by atoms with van der Waals surface area (Å²) in [5, 5.41) is 2.97. The highest BCUT2D eigenvalue weighted by Crippen LogP contribution is 2.41. The van der Waals surface area contributed by atoms with Gasteiger partial charge in [-0.2, -0.15) is 0 Å². The number of benzene rings is 1. The van der Waals surface area contributed by atoms with Crippen LogP contribution in [-0.4, -0.2) is 55.7 Å². The smallest absolute Gasteiger partial charge is 0.229 e. The first-order valence-electron chi connectivity index (χ1n) is 11.4. The maximum Gasteiger partial charge on any atom is 0.229 e. The van der Waals surface area contributed by atoms with Crippen molar-refractivity contribution in [3.63, 3.8) is 0 Å². The Morgan fingerprint density at radius 1 is 1.18 bits per heavy atom. The molecule has 1 aliphatic heterocycles. The quantitative estimate of drug-likeness (QED) is 0.518. The van der Waals surface area contributed by atoms with Crippen molar-refractivity contribution in [2.24, 2.45) is 5.92 Å². The Hall–Kier alpha value is -3.13. The number of carbonyl (C=O) groups is 2. The third kappa shape index (κ3) is 6.22. The van der Waals surface area contributed by atoms with E-state index >= 15 is 0 Å². The van der Waals surface area contributed by atoms with Gasteiger partial charge in [-0.3, -0.25) is 9.59 Å². The van der Waals surface area contributed by atoms with E-state index in [4.69, 9.17) is 14.2 Å². The van der Waals surface area contributed by atoms with E-state index < -0.39 is 12.0 Å². The lowest BCUT2D eigenvalue weighted by Gasteiger charge is -2.41.